The number of methoxy groups -OCH3 is 3. The topological polar surface area (TPSA) is 134 Å². The number of esters is 3. The Morgan fingerprint density at radius 2 is 1.84 bits per heavy atom. The van der Waals surface area contributed by atoms with Crippen LogP contribution in [0.4, 0.5) is 14.5 Å². The number of ether oxygens (including phenoxy) is 4. The molecular weight excluding hydrogens is 819 g/mol. The number of aromatic amines is 1. The predicted octanol–water partition coefficient (Wildman–Crippen LogP) is 6.03. The minimum Gasteiger partial charge on any atom is -0.496 e. The Labute approximate surface area is 365 Å². The SMILES string of the molecule is CC[C@]12C=CCN3CC[C@@]4(c5cc([C@H]6[C@H]7CC(C(C)(F)F)CN(CCc8c([nH]c9ccc(SC)cc89)[C@@H]6C(=O)OC)C7)c(OC)cc5N(C)[C@H]4[C@@](O)(C(=O)OC)[C@@H]1OC(C)=O)[C@@H]32. The number of nitrogens with one attached hydrogen (secondary N) is 1. The molecule has 62 heavy (non-hydrogen) atoms. The van der Waals surface area contributed by atoms with Crippen molar-refractivity contribution in [3.8, 4) is 5.75 Å². The second kappa shape index (κ2) is 15.2. The van der Waals surface area contributed by atoms with Crippen molar-refractivity contribution in [1.29, 1.82) is 0 Å². The number of hydrogen-bond acceptors (Lipinski definition) is 12. The summed E-state index contributed by atoms with van der Waals surface area (Å²) in [5, 5.41) is 14.3. The predicted molar refractivity (Wildman–Crippen MR) is 231 cm³/mol. The highest BCUT2D eigenvalue weighted by atomic mass is 32.2. The minimum atomic E-state index is -2.98. The van der Waals surface area contributed by atoms with Crippen LogP contribution >= 0.6 is 11.8 Å². The average Bonchev–Trinajstić information content (AvgIpc) is 3.91. The van der Waals surface area contributed by atoms with E-state index in [2.05, 4.69) is 26.9 Å². The van der Waals surface area contributed by atoms with Gasteiger partial charge in [0.1, 0.15) is 11.7 Å². The van der Waals surface area contributed by atoms with Crippen molar-refractivity contribution in [2.75, 3.05) is 72.3 Å². The molecule has 3 aromatic rings. The molecule has 2 aromatic carbocycles. The first kappa shape index (κ1) is 43.1. The molecule has 1 aromatic heterocycles. The van der Waals surface area contributed by atoms with Gasteiger partial charge in [-0.1, -0.05) is 19.1 Å². The van der Waals surface area contributed by atoms with Crippen LogP contribution in [0.1, 0.15) is 74.3 Å². The van der Waals surface area contributed by atoms with E-state index in [1.165, 1.54) is 21.1 Å². The number of piperidine rings is 1. The van der Waals surface area contributed by atoms with E-state index in [9.17, 15) is 19.5 Å². The van der Waals surface area contributed by atoms with Crippen molar-refractivity contribution in [1.82, 2.24) is 14.8 Å². The second-order valence-electron chi connectivity index (χ2n) is 18.6. The third kappa shape index (κ3) is 5.96. The Hall–Kier alpha value is -4.18. The highest BCUT2D eigenvalue weighted by molar-refractivity contribution is 7.98. The molecule has 6 aliphatic rings. The Morgan fingerprint density at radius 1 is 1.06 bits per heavy atom. The number of thioether (sulfide) groups is 1. The summed E-state index contributed by atoms with van der Waals surface area (Å²) in [6.07, 6.45) is 6.44. The summed E-state index contributed by atoms with van der Waals surface area (Å²) in [7, 11) is 6.00. The highest BCUT2D eigenvalue weighted by Gasteiger charge is 2.80. The standard InChI is InChI=1S/C47H58F2N4O8S/c1-9-45-14-10-16-53-18-15-46(40(45)53)32-21-31(35(58-5)22-34(32)51(4)41(46)47(57,43(56)60-7)42(45)61-25(2)54)36-26-19-27(44(3,48)49)24-52(23-26)17-13-29-30-20-28(62-8)11-12-33(30)50-38(29)37(36)39(55)59-6/h10-12,14,20-22,26-27,36-37,40-42,50,57H,9,13,15-19,23-24H2,1-8H3/t26-,27?,36+,37+,40-,41+,42+,45+,46+,47-/m0/s1. The fraction of sp³-hybridized carbons (Fsp3) is 0.596. The van der Waals surface area contributed by atoms with Crippen LogP contribution in [0.15, 0.2) is 47.4 Å². The number of H-pyrrole nitrogens is 1. The molecule has 1 aliphatic carbocycles. The van der Waals surface area contributed by atoms with E-state index in [-0.39, 0.29) is 19.0 Å². The summed E-state index contributed by atoms with van der Waals surface area (Å²) in [5.41, 5.74) is 0.468. The number of aliphatic hydroxyl groups is 1. The molecule has 2 unspecified atom stereocenters. The summed E-state index contributed by atoms with van der Waals surface area (Å²) < 4.78 is 55.0. The van der Waals surface area contributed by atoms with Crippen molar-refractivity contribution in [2.45, 2.75) is 98.3 Å². The maximum absolute atomic E-state index is 15.7. The first-order valence-corrected chi connectivity index (χ1v) is 23.0. The highest BCUT2D eigenvalue weighted by Crippen LogP contribution is 2.68. The minimum absolute atomic E-state index is 0.157. The molecule has 334 valence electrons. The number of anilines is 1. The Balaban J connectivity index is 1.33. The maximum Gasteiger partial charge on any atom is 0.344 e. The van der Waals surface area contributed by atoms with E-state index in [1.54, 1.807) is 18.9 Å². The molecule has 2 saturated heterocycles. The fourth-order valence-electron chi connectivity index (χ4n) is 13.5. The van der Waals surface area contributed by atoms with E-state index >= 15 is 8.78 Å². The van der Waals surface area contributed by atoms with Crippen LogP contribution < -0.4 is 9.64 Å². The van der Waals surface area contributed by atoms with Crippen LogP contribution in [0.5, 0.6) is 5.75 Å². The van der Waals surface area contributed by atoms with Gasteiger partial charge >= 0.3 is 17.9 Å². The van der Waals surface area contributed by atoms with Crippen molar-refractivity contribution in [3.63, 3.8) is 0 Å². The largest absolute Gasteiger partial charge is 0.496 e. The molecule has 12 nitrogen and oxygen atoms in total. The summed E-state index contributed by atoms with van der Waals surface area (Å²) in [5.74, 6) is -7.62. The number of likely N-dealkylation sites (N-methyl/N-ethyl adjacent to an activating group) is 1. The van der Waals surface area contributed by atoms with Gasteiger partial charge in [0.15, 0.2) is 6.10 Å². The van der Waals surface area contributed by atoms with Gasteiger partial charge in [0, 0.05) is 102 Å². The number of halogens is 2. The van der Waals surface area contributed by atoms with Crippen molar-refractivity contribution < 1.29 is 47.2 Å². The van der Waals surface area contributed by atoms with Crippen LogP contribution in [-0.4, -0.2) is 135 Å². The number of rotatable bonds is 8. The smallest absolute Gasteiger partial charge is 0.344 e. The van der Waals surface area contributed by atoms with Gasteiger partial charge in [-0.05, 0) is 92.3 Å². The summed E-state index contributed by atoms with van der Waals surface area (Å²) in [6.45, 7) is 6.74. The number of fused-ring (bicyclic) bond motifs is 6. The molecule has 1 saturated carbocycles. The summed E-state index contributed by atoms with van der Waals surface area (Å²) >= 11 is 1.63. The van der Waals surface area contributed by atoms with Gasteiger partial charge in [-0.2, -0.15) is 0 Å². The van der Waals surface area contributed by atoms with Gasteiger partial charge in [-0.15, -0.1) is 11.8 Å². The number of benzene rings is 2. The third-order valence-electron chi connectivity index (χ3n) is 15.9. The number of carbonyl (C=O) groups is 3. The van der Waals surface area contributed by atoms with Gasteiger partial charge in [0.05, 0.1) is 27.4 Å². The Kier molecular flexibility index (Phi) is 10.6. The molecule has 1 spiro atoms. The molecule has 0 radical (unpaired) electrons. The monoisotopic (exact) mass is 876 g/mol. The Morgan fingerprint density at radius 3 is 2.50 bits per heavy atom. The molecule has 5 aliphatic heterocycles. The molecule has 0 amide bonds. The molecule has 15 heteroatoms. The van der Waals surface area contributed by atoms with Crippen LogP contribution in [0.2, 0.25) is 0 Å². The first-order valence-electron chi connectivity index (χ1n) is 21.7. The summed E-state index contributed by atoms with van der Waals surface area (Å²) in [4.78, 5) is 53.3. The van der Waals surface area contributed by atoms with Gasteiger partial charge in [0.25, 0.3) is 0 Å². The van der Waals surface area contributed by atoms with E-state index < -0.39 is 76.1 Å². The molecule has 2 bridgehead atoms. The zero-order valence-corrected chi connectivity index (χ0v) is 37.6. The van der Waals surface area contributed by atoms with E-state index in [1.807, 2.05) is 55.5 Å². The molecule has 2 N–H and O–H groups in total. The molecular formula is C47H58F2N4O8S. The number of hydrogen-bond donors (Lipinski definition) is 2. The molecule has 11 atom stereocenters. The van der Waals surface area contributed by atoms with E-state index in [4.69, 9.17) is 18.9 Å². The molecule has 9 rings (SSSR count). The quantitative estimate of drug-likeness (QED) is 0.119. The number of aromatic nitrogens is 1. The lowest BCUT2D eigenvalue weighted by Gasteiger charge is -2.63. The van der Waals surface area contributed by atoms with Gasteiger partial charge in [-0.25, -0.2) is 13.6 Å². The van der Waals surface area contributed by atoms with Gasteiger partial charge in [-0.3, -0.25) is 14.5 Å². The number of alkyl halides is 2. The van der Waals surface area contributed by atoms with Crippen molar-refractivity contribution in [2.24, 2.45) is 17.3 Å². The lowest BCUT2D eigenvalue weighted by Crippen LogP contribution is -2.81. The van der Waals surface area contributed by atoms with Crippen molar-refractivity contribution >= 4 is 46.3 Å². The Bertz CT molecular complexity index is 2350. The van der Waals surface area contributed by atoms with Crippen LogP contribution in [0.3, 0.4) is 0 Å². The molecule has 6 heterocycles. The zero-order valence-electron chi connectivity index (χ0n) is 36.8. The zero-order chi connectivity index (χ0) is 44.3. The molecule has 3 fully saturated rings. The average molecular weight is 877 g/mol. The van der Waals surface area contributed by atoms with Gasteiger partial charge < -0.3 is 38.8 Å². The van der Waals surface area contributed by atoms with E-state index in [0.29, 0.717) is 68.1 Å². The van der Waals surface area contributed by atoms with Crippen LogP contribution in [0.25, 0.3) is 10.9 Å². The summed E-state index contributed by atoms with van der Waals surface area (Å²) in [6, 6.07) is 8.90. The number of nitrogens with zero attached hydrogens (tertiary/aromatic N) is 3. The lowest BCUT2D eigenvalue weighted by atomic mass is 9.47. The van der Waals surface area contributed by atoms with Crippen LogP contribution in [0, 0.1) is 17.3 Å². The number of carbonyl (C=O) groups excluding carboxylic acids is 3. The van der Waals surface area contributed by atoms with Crippen LogP contribution in [-0.2, 0) is 40.4 Å². The van der Waals surface area contributed by atoms with Gasteiger partial charge in [0.2, 0.25) is 11.5 Å². The maximum atomic E-state index is 15.7. The third-order valence-corrected chi connectivity index (χ3v) is 16.6. The fourth-order valence-corrected chi connectivity index (χ4v) is 14.0. The second-order valence-corrected chi connectivity index (χ2v) is 19.5. The lowest BCUT2D eigenvalue weighted by molar-refractivity contribution is -0.228. The van der Waals surface area contributed by atoms with E-state index in [0.717, 1.165) is 33.8 Å². The van der Waals surface area contributed by atoms with Crippen molar-refractivity contribution in [3.05, 3.63) is 64.9 Å². The first-order chi connectivity index (χ1) is 29.5. The normalized spacial score (nSPS) is 34.9.